The van der Waals surface area contributed by atoms with Gasteiger partial charge in [-0.3, -0.25) is 0 Å². The summed E-state index contributed by atoms with van der Waals surface area (Å²) in [6.45, 7) is 0. The van der Waals surface area contributed by atoms with Crippen LogP contribution >= 0.6 is 0 Å². The van der Waals surface area contributed by atoms with E-state index in [1.165, 1.54) is 0 Å². The van der Waals surface area contributed by atoms with Crippen LogP contribution in [0.5, 0.6) is 0 Å². The largest absolute Gasteiger partial charge is 2.00 e. The zero-order valence-corrected chi connectivity index (χ0v) is 8.14. The normalized spacial score (nSPS) is 6.90. The molecule has 3 heteroatoms. The maximum atomic E-state index is 3.03. The SMILES string of the molecule is CNc1ccccc1.[Cl-].[Mg+2]. The molecule has 0 radical (unpaired) electrons. The fraction of sp³-hybridized carbons (Fsp3) is 0.143. The average molecular weight is 167 g/mol. The van der Waals surface area contributed by atoms with E-state index >= 15 is 0 Å². The third kappa shape index (κ3) is 3.98. The van der Waals surface area contributed by atoms with Crippen molar-refractivity contribution in [2.24, 2.45) is 0 Å². The number of anilines is 1. The molecular weight excluding hydrogens is 158 g/mol. The van der Waals surface area contributed by atoms with Crippen molar-refractivity contribution in [2.75, 3.05) is 12.4 Å². The van der Waals surface area contributed by atoms with Crippen molar-refractivity contribution < 1.29 is 12.4 Å². The molecule has 0 aliphatic heterocycles. The topological polar surface area (TPSA) is 12.0 Å². The Morgan fingerprint density at radius 2 is 1.60 bits per heavy atom. The van der Waals surface area contributed by atoms with E-state index in [1.807, 2.05) is 37.4 Å². The fourth-order valence-corrected chi connectivity index (χ4v) is 0.605. The van der Waals surface area contributed by atoms with Gasteiger partial charge in [0.2, 0.25) is 0 Å². The maximum absolute atomic E-state index is 3.03. The summed E-state index contributed by atoms with van der Waals surface area (Å²) in [5.74, 6) is 0. The summed E-state index contributed by atoms with van der Waals surface area (Å²) in [4.78, 5) is 0. The summed E-state index contributed by atoms with van der Waals surface area (Å²) >= 11 is 0. The Morgan fingerprint density at radius 3 is 1.90 bits per heavy atom. The van der Waals surface area contributed by atoms with Crippen molar-refractivity contribution in [3.05, 3.63) is 30.3 Å². The van der Waals surface area contributed by atoms with Gasteiger partial charge in [-0.05, 0) is 12.1 Å². The minimum Gasteiger partial charge on any atom is -1.00 e. The van der Waals surface area contributed by atoms with Crippen molar-refractivity contribution in [1.82, 2.24) is 0 Å². The molecule has 0 aliphatic carbocycles. The van der Waals surface area contributed by atoms with Crippen LogP contribution < -0.4 is 17.7 Å². The second kappa shape index (κ2) is 7.19. The Hall–Kier alpha value is 0.0762. The second-order valence-corrected chi connectivity index (χ2v) is 1.62. The van der Waals surface area contributed by atoms with Crippen LogP contribution in [-0.4, -0.2) is 30.1 Å². The van der Waals surface area contributed by atoms with E-state index in [0.717, 1.165) is 5.69 Å². The number of halogens is 1. The predicted octanol–water partition coefficient (Wildman–Crippen LogP) is -1.65. The molecule has 1 rings (SSSR count). The summed E-state index contributed by atoms with van der Waals surface area (Å²) in [6.07, 6.45) is 0. The molecule has 50 valence electrons. The molecule has 0 bridgehead atoms. The van der Waals surface area contributed by atoms with Gasteiger partial charge in [-0.25, -0.2) is 0 Å². The van der Waals surface area contributed by atoms with Gasteiger partial charge in [0.15, 0.2) is 0 Å². The number of hydrogen-bond donors (Lipinski definition) is 1. The number of para-hydroxylation sites is 1. The van der Waals surface area contributed by atoms with Crippen LogP contribution in [0.4, 0.5) is 5.69 Å². The molecule has 0 saturated heterocycles. The first kappa shape index (κ1) is 12.7. The van der Waals surface area contributed by atoms with E-state index < -0.39 is 0 Å². The molecular formula is C7H9ClMgN+. The van der Waals surface area contributed by atoms with E-state index in [4.69, 9.17) is 0 Å². The molecule has 1 aromatic carbocycles. The molecule has 0 amide bonds. The molecule has 0 spiro atoms. The van der Waals surface area contributed by atoms with E-state index in [-0.39, 0.29) is 35.5 Å². The molecule has 0 aliphatic rings. The van der Waals surface area contributed by atoms with Crippen LogP contribution in [0, 0.1) is 0 Å². The summed E-state index contributed by atoms with van der Waals surface area (Å²) in [5.41, 5.74) is 1.16. The van der Waals surface area contributed by atoms with Crippen molar-refractivity contribution in [2.45, 2.75) is 0 Å². The summed E-state index contributed by atoms with van der Waals surface area (Å²) < 4.78 is 0. The Balaban J connectivity index is 0. The van der Waals surface area contributed by atoms with Gasteiger partial charge in [0.25, 0.3) is 0 Å². The van der Waals surface area contributed by atoms with Gasteiger partial charge in [-0.1, -0.05) is 18.2 Å². The van der Waals surface area contributed by atoms with Crippen molar-refractivity contribution in [3.63, 3.8) is 0 Å². The van der Waals surface area contributed by atoms with E-state index in [2.05, 4.69) is 5.32 Å². The van der Waals surface area contributed by atoms with E-state index in [0.29, 0.717) is 0 Å². The number of nitrogens with one attached hydrogen (secondary N) is 1. The van der Waals surface area contributed by atoms with Crippen LogP contribution in [0.1, 0.15) is 0 Å². The van der Waals surface area contributed by atoms with Gasteiger partial charge in [0.1, 0.15) is 0 Å². The third-order valence-corrected chi connectivity index (χ3v) is 1.06. The molecule has 1 nitrogen and oxygen atoms in total. The Labute approximate surface area is 83.8 Å². The van der Waals surface area contributed by atoms with Crippen LogP contribution in [0.2, 0.25) is 0 Å². The molecule has 0 unspecified atom stereocenters. The summed E-state index contributed by atoms with van der Waals surface area (Å²) in [5, 5.41) is 3.03. The van der Waals surface area contributed by atoms with Gasteiger partial charge in [0, 0.05) is 12.7 Å². The van der Waals surface area contributed by atoms with Gasteiger partial charge < -0.3 is 17.7 Å². The second-order valence-electron chi connectivity index (χ2n) is 1.62. The molecule has 1 N–H and O–H groups in total. The van der Waals surface area contributed by atoms with Crippen molar-refractivity contribution in [3.8, 4) is 0 Å². The van der Waals surface area contributed by atoms with Gasteiger partial charge >= 0.3 is 23.1 Å². The molecule has 0 aromatic heterocycles. The van der Waals surface area contributed by atoms with Crippen molar-refractivity contribution >= 4 is 28.7 Å². The Bertz CT molecular complexity index is 155. The minimum absolute atomic E-state index is 0. The number of benzene rings is 1. The quantitative estimate of drug-likeness (QED) is 0.494. The molecule has 0 atom stereocenters. The molecule has 0 heterocycles. The third-order valence-electron chi connectivity index (χ3n) is 1.06. The first-order valence-corrected chi connectivity index (χ1v) is 2.66. The monoisotopic (exact) mass is 166 g/mol. The number of rotatable bonds is 1. The van der Waals surface area contributed by atoms with Crippen molar-refractivity contribution in [1.29, 1.82) is 0 Å². The van der Waals surface area contributed by atoms with E-state index in [1.54, 1.807) is 0 Å². The predicted molar refractivity (Wildman–Crippen MR) is 41.7 cm³/mol. The zero-order chi connectivity index (χ0) is 5.82. The minimum atomic E-state index is 0. The first-order valence-electron chi connectivity index (χ1n) is 2.66. The molecule has 0 fully saturated rings. The van der Waals surface area contributed by atoms with Crippen LogP contribution in [0.15, 0.2) is 30.3 Å². The summed E-state index contributed by atoms with van der Waals surface area (Å²) in [7, 11) is 1.91. The van der Waals surface area contributed by atoms with Crippen LogP contribution in [0.3, 0.4) is 0 Å². The fourth-order valence-electron chi connectivity index (χ4n) is 0.605. The zero-order valence-electron chi connectivity index (χ0n) is 5.97. The van der Waals surface area contributed by atoms with Crippen LogP contribution in [-0.2, 0) is 0 Å². The Morgan fingerprint density at radius 1 is 1.10 bits per heavy atom. The maximum Gasteiger partial charge on any atom is 2.00 e. The van der Waals surface area contributed by atoms with E-state index in [9.17, 15) is 0 Å². The standard InChI is InChI=1S/C7H9N.ClH.Mg/c1-8-7-5-3-2-4-6-7;;/h2-6,8H,1H3;1H;/q;;+2/p-1. The Kier molecular flexibility index (Phi) is 9.15. The van der Waals surface area contributed by atoms with Gasteiger partial charge in [-0.2, -0.15) is 0 Å². The molecule has 1 aromatic rings. The molecule has 10 heavy (non-hydrogen) atoms. The smallest absolute Gasteiger partial charge is 1.00 e. The number of hydrogen-bond acceptors (Lipinski definition) is 1. The summed E-state index contributed by atoms with van der Waals surface area (Å²) in [6, 6.07) is 10.1. The van der Waals surface area contributed by atoms with Crippen LogP contribution in [0.25, 0.3) is 0 Å². The van der Waals surface area contributed by atoms with Gasteiger partial charge in [0.05, 0.1) is 0 Å². The van der Waals surface area contributed by atoms with Gasteiger partial charge in [-0.15, -0.1) is 0 Å². The first-order chi connectivity index (χ1) is 3.93. The average Bonchev–Trinajstić information content (AvgIpc) is 1.90. The molecule has 0 saturated carbocycles.